The molecule has 19 heavy (non-hydrogen) atoms. The molecular formula is C15H16F2N2. The summed E-state index contributed by atoms with van der Waals surface area (Å²) in [5.74, 6) is -0.858. The summed E-state index contributed by atoms with van der Waals surface area (Å²) in [5.41, 5.74) is 2.25. The Balaban J connectivity index is 2.53. The lowest BCUT2D eigenvalue weighted by molar-refractivity contribution is 0.556. The summed E-state index contributed by atoms with van der Waals surface area (Å²) in [6.45, 7) is 2.01. The van der Waals surface area contributed by atoms with Crippen LogP contribution in [0, 0.1) is 11.6 Å². The molecular weight excluding hydrogens is 246 g/mol. The van der Waals surface area contributed by atoms with Gasteiger partial charge in [0.25, 0.3) is 0 Å². The van der Waals surface area contributed by atoms with Crippen LogP contribution in [0.25, 0.3) is 0 Å². The third kappa shape index (κ3) is 2.79. The van der Waals surface area contributed by atoms with Gasteiger partial charge in [0.05, 0.1) is 6.04 Å². The number of nitrogens with one attached hydrogen (secondary N) is 1. The molecule has 0 radical (unpaired) electrons. The van der Waals surface area contributed by atoms with Crippen molar-refractivity contribution in [3.63, 3.8) is 0 Å². The van der Waals surface area contributed by atoms with E-state index in [1.54, 1.807) is 19.4 Å². The summed E-state index contributed by atoms with van der Waals surface area (Å²) < 4.78 is 27.2. The molecule has 0 spiro atoms. The Morgan fingerprint density at radius 2 is 2.00 bits per heavy atom. The molecule has 1 unspecified atom stereocenters. The molecule has 1 heterocycles. The summed E-state index contributed by atoms with van der Waals surface area (Å²) in [4.78, 5) is 4.07. The number of rotatable bonds is 4. The summed E-state index contributed by atoms with van der Waals surface area (Å²) in [7, 11) is 1.73. The molecule has 2 nitrogen and oxygen atoms in total. The zero-order valence-electron chi connectivity index (χ0n) is 11.0. The number of hydrogen-bond donors (Lipinski definition) is 1. The molecule has 0 saturated carbocycles. The van der Waals surface area contributed by atoms with Crippen molar-refractivity contribution < 1.29 is 8.78 Å². The zero-order valence-corrected chi connectivity index (χ0v) is 11.0. The van der Waals surface area contributed by atoms with Gasteiger partial charge in [-0.3, -0.25) is 4.98 Å². The third-order valence-electron chi connectivity index (χ3n) is 3.19. The highest BCUT2D eigenvalue weighted by Gasteiger charge is 2.19. The van der Waals surface area contributed by atoms with Gasteiger partial charge in [-0.2, -0.15) is 0 Å². The minimum atomic E-state index is -0.441. The molecule has 1 aromatic heterocycles. The molecule has 0 bridgehead atoms. The fraction of sp³-hybridized carbons (Fsp3) is 0.267. The molecule has 1 atom stereocenters. The van der Waals surface area contributed by atoms with E-state index in [1.807, 2.05) is 13.0 Å². The molecule has 1 N–H and O–H groups in total. The monoisotopic (exact) mass is 262 g/mol. The first-order valence-corrected chi connectivity index (χ1v) is 6.22. The highest BCUT2D eigenvalue weighted by Crippen LogP contribution is 2.27. The molecule has 2 aromatic rings. The first-order valence-electron chi connectivity index (χ1n) is 6.22. The fourth-order valence-electron chi connectivity index (χ4n) is 2.23. The molecule has 0 saturated heterocycles. The number of aromatic nitrogens is 1. The normalized spacial score (nSPS) is 12.4. The van der Waals surface area contributed by atoms with E-state index in [0.717, 1.165) is 29.7 Å². The molecule has 0 aliphatic carbocycles. The maximum Gasteiger partial charge on any atom is 0.128 e. The summed E-state index contributed by atoms with van der Waals surface area (Å²) >= 11 is 0. The number of aryl methyl sites for hydroxylation is 1. The van der Waals surface area contributed by atoms with E-state index in [4.69, 9.17) is 0 Å². The first kappa shape index (κ1) is 13.6. The van der Waals surface area contributed by atoms with E-state index < -0.39 is 11.6 Å². The maximum atomic E-state index is 13.9. The van der Waals surface area contributed by atoms with E-state index >= 15 is 0 Å². The Hall–Kier alpha value is -1.81. The second-order valence-corrected chi connectivity index (χ2v) is 4.32. The lowest BCUT2D eigenvalue weighted by atomic mass is 9.94. The number of halogens is 2. The summed E-state index contributed by atoms with van der Waals surface area (Å²) in [6, 6.07) is 4.97. The average Bonchev–Trinajstić information content (AvgIpc) is 2.44. The van der Waals surface area contributed by atoms with Gasteiger partial charge in [0, 0.05) is 18.0 Å². The molecule has 0 aliphatic heterocycles. The second-order valence-electron chi connectivity index (χ2n) is 4.32. The van der Waals surface area contributed by atoms with E-state index in [9.17, 15) is 8.78 Å². The first-order chi connectivity index (χ1) is 9.17. The van der Waals surface area contributed by atoms with E-state index in [2.05, 4.69) is 10.3 Å². The van der Waals surface area contributed by atoms with Crippen LogP contribution in [0.4, 0.5) is 8.78 Å². The van der Waals surface area contributed by atoms with Gasteiger partial charge in [0.2, 0.25) is 0 Å². The van der Waals surface area contributed by atoms with E-state index in [1.165, 1.54) is 6.07 Å². The van der Waals surface area contributed by atoms with E-state index in [0.29, 0.717) is 5.56 Å². The molecule has 0 aliphatic rings. The van der Waals surface area contributed by atoms with Gasteiger partial charge in [-0.25, -0.2) is 8.78 Å². The minimum absolute atomic E-state index is 0.309. The Morgan fingerprint density at radius 1 is 1.21 bits per heavy atom. The Morgan fingerprint density at radius 3 is 2.68 bits per heavy atom. The predicted octanol–water partition coefficient (Wildman–Crippen LogP) is 3.23. The minimum Gasteiger partial charge on any atom is -0.309 e. The van der Waals surface area contributed by atoms with Crippen LogP contribution >= 0.6 is 0 Å². The molecule has 1 aromatic carbocycles. The second kappa shape index (κ2) is 5.89. The van der Waals surface area contributed by atoms with Crippen molar-refractivity contribution >= 4 is 0 Å². The molecule has 0 fully saturated rings. The number of benzene rings is 1. The van der Waals surface area contributed by atoms with Crippen molar-refractivity contribution in [3.8, 4) is 0 Å². The van der Waals surface area contributed by atoms with Crippen LogP contribution in [0.2, 0.25) is 0 Å². The average molecular weight is 262 g/mol. The van der Waals surface area contributed by atoms with Crippen LogP contribution in [0.5, 0.6) is 0 Å². The van der Waals surface area contributed by atoms with Gasteiger partial charge < -0.3 is 5.32 Å². The van der Waals surface area contributed by atoms with Gasteiger partial charge in [0.15, 0.2) is 0 Å². The van der Waals surface area contributed by atoms with Gasteiger partial charge in [-0.15, -0.1) is 0 Å². The van der Waals surface area contributed by atoms with Gasteiger partial charge in [0.1, 0.15) is 11.6 Å². The summed E-state index contributed by atoms with van der Waals surface area (Å²) in [5, 5.41) is 3.04. The van der Waals surface area contributed by atoms with Crippen LogP contribution in [0.15, 0.2) is 36.7 Å². The van der Waals surface area contributed by atoms with Crippen molar-refractivity contribution in [2.75, 3.05) is 7.05 Å². The maximum absolute atomic E-state index is 13.9. The number of pyridine rings is 1. The standard InChI is InChI=1S/C15H16F2N2/c1-3-10-9-19-7-6-12(10)15(18-2)13-8-11(16)4-5-14(13)17/h4-9,15,18H,3H2,1-2H3. The lowest BCUT2D eigenvalue weighted by Crippen LogP contribution is -2.20. The molecule has 4 heteroatoms. The van der Waals surface area contributed by atoms with Crippen molar-refractivity contribution in [1.82, 2.24) is 10.3 Å². The van der Waals surface area contributed by atoms with Gasteiger partial charge in [-0.1, -0.05) is 6.92 Å². The highest BCUT2D eigenvalue weighted by atomic mass is 19.1. The van der Waals surface area contributed by atoms with Crippen molar-refractivity contribution in [1.29, 1.82) is 0 Å². The van der Waals surface area contributed by atoms with Crippen LogP contribution in [0.1, 0.15) is 29.7 Å². The van der Waals surface area contributed by atoms with Crippen molar-refractivity contribution in [3.05, 3.63) is 65.0 Å². The lowest BCUT2D eigenvalue weighted by Gasteiger charge is -2.20. The Bertz CT molecular complexity index is 570. The topological polar surface area (TPSA) is 24.9 Å². The predicted molar refractivity (Wildman–Crippen MR) is 70.9 cm³/mol. The quantitative estimate of drug-likeness (QED) is 0.915. The van der Waals surface area contributed by atoms with Crippen LogP contribution in [-0.4, -0.2) is 12.0 Å². The Labute approximate surface area is 111 Å². The largest absolute Gasteiger partial charge is 0.309 e. The molecule has 2 rings (SSSR count). The smallest absolute Gasteiger partial charge is 0.128 e. The summed E-state index contributed by atoms with van der Waals surface area (Å²) in [6.07, 6.45) is 4.21. The fourth-order valence-corrected chi connectivity index (χ4v) is 2.23. The van der Waals surface area contributed by atoms with Gasteiger partial charge >= 0.3 is 0 Å². The third-order valence-corrected chi connectivity index (χ3v) is 3.19. The van der Waals surface area contributed by atoms with Crippen molar-refractivity contribution in [2.24, 2.45) is 0 Å². The van der Waals surface area contributed by atoms with Crippen LogP contribution < -0.4 is 5.32 Å². The van der Waals surface area contributed by atoms with Crippen LogP contribution in [-0.2, 0) is 6.42 Å². The van der Waals surface area contributed by atoms with Crippen LogP contribution in [0.3, 0.4) is 0 Å². The molecule has 100 valence electrons. The van der Waals surface area contributed by atoms with Crippen molar-refractivity contribution in [2.45, 2.75) is 19.4 Å². The number of hydrogen-bond acceptors (Lipinski definition) is 2. The zero-order chi connectivity index (χ0) is 13.8. The highest BCUT2D eigenvalue weighted by molar-refractivity contribution is 5.36. The SMILES string of the molecule is CCc1cnccc1C(NC)c1cc(F)ccc1F. The molecule has 0 amide bonds. The Kier molecular flexibility index (Phi) is 4.22. The van der Waals surface area contributed by atoms with Gasteiger partial charge in [-0.05, 0) is 48.9 Å². The van der Waals surface area contributed by atoms with E-state index in [-0.39, 0.29) is 6.04 Å². The number of nitrogens with zero attached hydrogens (tertiary/aromatic N) is 1.